The predicted octanol–water partition coefficient (Wildman–Crippen LogP) is 5.33. The van der Waals surface area contributed by atoms with E-state index in [-0.39, 0.29) is 0 Å². The molecule has 5 heteroatoms. The Labute approximate surface area is 154 Å². The zero-order chi connectivity index (χ0) is 18.2. The lowest BCUT2D eigenvalue weighted by Gasteiger charge is -2.25. The highest BCUT2D eigenvalue weighted by molar-refractivity contribution is 7.16. The third-order valence-electron chi connectivity index (χ3n) is 3.95. The van der Waals surface area contributed by atoms with Gasteiger partial charge in [-0.15, -0.1) is 10.2 Å². The number of anilines is 1. The van der Waals surface area contributed by atoms with E-state index in [2.05, 4.69) is 47.3 Å². The SMILES string of the molecule is C=Cc1nnc(N2CCCCC2)s1.CC.CCCCN(CC)CC. The van der Waals surface area contributed by atoms with E-state index < -0.39 is 0 Å². The first-order valence-electron chi connectivity index (χ1n) is 9.68. The molecular weight excluding hydrogens is 316 g/mol. The molecule has 140 valence electrons. The third kappa shape index (κ3) is 9.38. The number of hydrogen-bond acceptors (Lipinski definition) is 5. The predicted molar refractivity (Wildman–Crippen MR) is 110 cm³/mol. The second-order valence-corrected chi connectivity index (χ2v) is 6.54. The van der Waals surface area contributed by atoms with Crippen molar-refractivity contribution < 1.29 is 0 Å². The van der Waals surface area contributed by atoms with Crippen molar-refractivity contribution in [2.75, 3.05) is 37.6 Å². The molecule has 0 unspecified atom stereocenters. The van der Waals surface area contributed by atoms with Gasteiger partial charge in [-0.2, -0.15) is 0 Å². The van der Waals surface area contributed by atoms with Crippen molar-refractivity contribution in [3.8, 4) is 0 Å². The Balaban J connectivity index is 0.000000426. The number of piperidine rings is 1. The summed E-state index contributed by atoms with van der Waals surface area (Å²) in [6.45, 7) is 20.3. The Bertz CT molecular complexity index is 396. The van der Waals surface area contributed by atoms with Crippen molar-refractivity contribution in [3.05, 3.63) is 11.6 Å². The van der Waals surface area contributed by atoms with Gasteiger partial charge in [0, 0.05) is 13.1 Å². The molecule has 2 heterocycles. The molecule has 0 radical (unpaired) electrons. The molecule has 1 fully saturated rings. The van der Waals surface area contributed by atoms with Crippen LogP contribution in [-0.2, 0) is 0 Å². The standard InChI is InChI=1S/C9H13N3S.C8H19N.C2H6/c1-2-8-10-11-9(13-8)12-6-4-3-5-7-12;1-4-7-8-9(5-2)6-3;1-2/h2H,1,3-7H2;4-8H2,1-3H3;1-2H3. The molecule has 0 aliphatic carbocycles. The van der Waals surface area contributed by atoms with Gasteiger partial charge in [-0.1, -0.05) is 59.0 Å². The summed E-state index contributed by atoms with van der Waals surface area (Å²) in [6.07, 6.45) is 8.33. The van der Waals surface area contributed by atoms with Crippen molar-refractivity contribution in [3.63, 3.8) is 0 Å². The molecule has 1 aliphatic heterocycles. The number of aromatic nitrogens is 2. The molecule has 1 aromatic heterocycles. The molecule has 0 amide bonds. The Hall–Kier alpha value is -0.940. The van der Waals surface area contributed by atoms with Crippen LogP contribution in [0.5, 0.6) is 0 Å². The Morgan fingerprint density at radius 2 is 1.71 bits per heavy atom. The summed E-state index contributed by atoms with van der Waals surface area (Å²) in [5.41, 5.74) is 0. The van der Waals surface area contributed by atoms with Gasteiger partial charge in [0.05, 0.1) is 0 Å². The summed E-state index contributed by atoms with van der Waals surface area (Å²) in [5.74, 6) is 0. The fourth-order valence-electron chi connectivity index (χ4n) is 2.44. The van der Waals surface area contributed by atoms with Gasteiger partial charge >= 0.3 is 0 Å². The normalized spacial score (nSPS) is 13.7. The van der Waals surface area contributed by atoms with E-state index >= 15 is 0 Å². The zero-order valence-electron chi connectivity index (χ0n) is 16.6. The molecule has 0 spiro atoms. The fraction of sp³-hybridized carbons (Fsp3) is 0.789. The smallest absolute Gasteiger partial charge is 0.208 e. The minimum atomic E-state index is 0.917. The molecule has 4 nitrogen and oxygen atoms in total. The molecule has 24 heavy (non-hydrogen) atoms. The van der Waals surface area contributed by atoms with E-state index in [4.69, 9.17) is 0 Å². The van der Waals surface area contributed by atoms with Gasteiger partial charge < -0.3 is 9.80 Å². The van der Waals surface area contributed by atoms with Crippen LogP contribution >= 0.6 is 11.3 Å². The summed E-state index contributed by atoms with van der Waals surface area (Å²) >= 11 is 1.63. The van der Waals surface area contributed by atoms with Crippen LogP contribution in [0.2, 0.25) is 0 Å². The summed E-state index contributed by atoms with van der Waals surface area (Å²) in [6, 6.07) is 0. The molecule has 0 bridgehead atoms. The summed E-state index contributed by atoms with van der Waals surface area (Å²) in [4.78, 5) is 4.78. The Morgan fingerprint density at radius 3 is 2.17 bits per heavy atom. The lowest BCUT2D eigenvalue weighted by atomic mass is 10.1. The highest BCUT2D eigenvalue weighted by atomic mass is 32.1. The number of rotatable bonds is 7. The number of unbranched alkanes of at least 4 members (excludes halogenated alkanes) is 1. The largest absolute Gasteiger partial charge is 0.347 e. The van der Waals surface area contributed by atoms with Crippen molar-refractivity contribution in [1.82, 2.24) is 15.1 Å². The van der Waals surface area contributed by atoms with Crippen molar-refractivity contribution in [1.29, 1.82) is 0 Å². The molecule has 1 aromatic rings. The summed E-state index contributed by atoms with van der Waals surface area (Å²) in [7, 11) is 0. The lowest BCUT2D eigenvalue weighted by molar-refractivity contribution is 0.299. The van der Waals surface area contributed by atoms with Gasteiger partial charge in [0.2, 0.25) is 5.13 Å². The molecule has 1 saturated heterocycles. The average molecular weight is 355 g/mol. The monoisotopic (exact) mass is 354 g/mol. The van der Waals surface area contributed by atoms with Gasteiger partial charge in [0.25, 0.3) is 0 Å². The van der Waals surface area contributed by atoms with Crippen LogP contribution in [0.25, 0.3) is 6.08 Å². The van der Waals surface area contributed by atoms with Crippen molar-refractivity contribution in [2.45, 2.75) is 66.7 Å². The van der Waals surface area contributed by atoms with E-state index in [0.717, 1.165) is 23.2 Å². The Morgan fingerprint density at radius 1 is 1.08 bits per heavy atom. The molecule has 1 aliphatic rings. The molecular formula is C19H38N4S. The van der Waals surface area contributed by atoms with Gasteiger partial charge in [-0.25, -0.2) is 0 Å². The fourth-order valence-corrected chi connectivity index (χ4v) is 3.19. The molecule has 0 aromatic carbocycles. The summed E-state index contributed by atoms with van der Waals surface area (Å²) < 4.78 is 0. The van der Waals surface area contributed by atoms with Crippen molar-refractivity contribution >= 4 is 22.5 Å². The highest BCUT2D eigenvalue weighted by Crippen LogP contribution is 2.23. The van der Waals surface area contributed by atoms with Crippen LogP contribution in [0.15, 0.2) is 6.58 Å². The first kappa shape index (κ1) is 23.1. The second-order valence-electron chi connectivity index (χ2n) is 5.56. The molecule has 0 saturated carbocycles. The second kappa shape index (κ2) is 15.6. The maximum absolute atomic E-state index is 4.13. The highest BCUT2D eigenvalue weighted by Gasteiger charge is 2.14. The maximum atomic E-state index is 4.13. The molecule has 0 N–H and O–H groups in total. The minimum absolute atomic E-state index is 0.917. The van der Waals surface area contributed by atoms with Crippen LogP contribution in [0.1, 0.15) is 71.7 Å². The minimum Gasteiger partial charge on any atom is -0.347 e. The average Bonchev–Trinajstić information content (AvgIpc) is 3.15. The quantitative estimate of drug-likeness (QED) is 0.663. The lowest BCUT2D eigenvalue weighted by Crippen LogP contribution is -2.29. The third-order valence-corrected chi connectivity index (χ3v) is 4.93. The van der Waals surface area contributed by atoms with Crippen LogP contribution in [0, 0.1) is 0 Å². The van der Waals surface area contributed by atoms with E-state index in [1.165, 1.54) is 51.7 Å². The molecule has 2 rings (SSSR count). The van der Waals surface area contributed by atoms with Crippen LogP contribution in [0.4, 0.5) is 5.13 Å². The zero-order valence-corrected chi connectivity index (χ0v) is 17.4. The van der Waals surface area contributed by atoms with Crippen molar-refractivity contribution in [2.24, 2.45) is 0 Å². The number of nitrogens with zero attached hydrogens (tertiary/aromatic N) is 4. The first-order valence-corrected chi connectivity index (χ1v) is 10.5. The summed E-state index contributed by atoms with van der Waals surface area (Å²) in [5, 5.41) is 10.1. The van der Waals surface area contributed by atoms with Gasteiger partial charge in [-0.3, -0.25) is 0 Å². The Kier molecular flexibility index (Phi) is 15.0. The molecule has 0 atom stereocenters. The van der Waals surface area contributed by atoms with Gasteiger partial charge in [0.1, 0.15) is 5.01 Å². The number of hydrogen-bond donors (Lipinski definition) is 0. The van der Waals surface area contributed by atoms with Crippen LogP contribution in [-0.4, -0.2) is 47.8 Å². The topological polar surface area (TPSA) is 32.3 Å². The first-order chi connectivity index (χ1) is 11.7. The van der Waals surface area contributed by atoms with E-state index in [9.17, 15) is 0 Å². The van der Waals surface area contributed by atoms with Crippen LogP contribution in [0.3, 0.4) is 0 Å². The maximum Gasteiger partial charge on any atom is 0.208 e. The van der Waals surface area contributed by atoms with Gasteiger partial charge in [-0.05, 0) is 51.4 Å². The van der Waals surface area contributed by atoms with E-state index in [0.29, 0.717) is 0 Å². The van der Waals surface area contributed by atoms with Crippen LogP contribution < -0.4 is 4.90 Å². The van der Waals surface area contributed by atoms with Gasteiger partial charge in [0.15, 0.2) is 0 Å². The van der Waals surface area contributed by atoms with E-state index in [1.807, 2.05) is 13.8 Å². The van der Waals surface area contributed by atoms with E-state index in [1.54, 1.807) is 17.4 Å².